The van der Waals surface area contributed by atoms with Crippen LogP contribution in [-0.2, 0) is 13.6 Å². The first-order valence-electron chi connectivity index (χ1n) is 14.9. The Morgan fingerprint density at radius 1 is 0.659 bits per heavy atom. The SMILES string of the molecule is CC(C)c1cc(C(C)C)c(C[n+]2nn(C)c(-c3ccccc3)c2P(c2ccccc2)c2ccccc2)c(C(C)C)c1. The molecule has 5 rings (SSSR count). The summed E-state index contributed by atoms with van der Waals surface area (Å²) in [4.78, 5) is 0. The number of hydrogen-bond acceptors (Lipinski definition) is 1. The normalized spacial score (nSPS) is 11.8. The molecule has 4 aromatic carbocycles. The van der Waals surface area contributed by atoms with Crippen molar-refractivity contribution in [1.82, 2.24) is 9.90 Å². The van der Waals surface area contributed by atoms with Gasteiger partial charge in [0.05, 0.1) is 5.21 Å². The minimum absolute atomic E-state index is 0.423. The highest BCUT2D eigenvalue weighted by Gasteiger charge is 2.35. The van der Waals surface area contributed by atoms with E-state index in [2.05, 4.69) is 161 Å². The van der Waals surface area contributed by atoms with Gasteiger partial charge in [-0.2, -0.15) is 0 Å². The van der Waals surface area contributed by atoms with Crippen molar-refractivity contribution in [3.05, 3.63) is 125 Å². The second-order valence-corrected chi connectivity index (χ2v) is 14.0. The van der Waals surface area contributed by atoms with E-state index in [1.807, 2.05) is 0 Å². The smallest absolute Gasteiger partial charge is 0.132 e. The highest BCUT2D eigenvalue weighted by atomic mass is 31.1. The van der Waals surface area contributed by atoms with E-state index in [9.17, 15) is 0 Å². The van der Waals surface area contributed by atoms with Gasteiger partial charge in [0.25, 0.3) is 0 Å². The van der Waals surface area contributed by atoms with Gasteiger partial charge in [0.2, 0.25) is 11.1 Å². The molecule has 0 saturated heterocycles. The summed E-state index contributed by atoms with van der Waals surface area (Å²) in [7, 11) is 1.22. The topological polar surface area (TPSA) is 21.7 Å². The maximum absolute atomic E-state index is 5.26. The standard InChI is InChI=1S/C37H43N3P/c1-26(2)30-23-33(27(3)4)35(34(24-30)28(5)6)25-40-37(36(39(7)38-40)29-17-11-8-12-18-29)41(31-19-13-9-14-20-31)32-21-15-10-16-22-32/h8-24,26-28H,25H2,1-7H3/q+1. The molecular formula is C37H43N3P+. The zero-order valence-electron chi connectivity index (χ0n) is 25.5. The molecule has 0 saturated carbocycles. The molecule has 0 spiro atoms. The Balaban J connectivity index is 1.81. The van der Waals surface area contributed by atoms with E-state index in [1.54, 1.807) is 0 Å². The van der Waals surface area contributed by atoms with E-state index in [-0.39, 0.29) is 0 Å². The quantitative estimate of drug-likeness (QED) is 0.135. The van der Waals surface area contributed by atoms with Crippen LogP contribution in [0.2, 0.25) is 0 Å². The van der Waals surface area contributed by atoms with Crippen LogP contribution >= 0.6 is 7.92 Å². The first-order chi connectivity index (χ1) is 19.8. The first-order valence-corrected chi connectivity index (χ1v) is 16.2. The average Bonchev–Trinajstić information content (AvgIpc) is 3.29. The summed E-state index contributed by atoms with van der Waals surface area (Å²) in [5, 5.41) is 7.92. The summed E-state index contributed by atoms with van der Waals surface area (Å²) in [6.45, 7) is 14.6. The fourth-order valence-corrected chi connectivity index (χ4v) is 8.30. The number of nitrogens with zero attached hydrogens (tertiary/aromatic N) is 3. The van der Waals surface area contributed by atoms with Gasteiger partial charge in [0.1, 0.15) is 13.6 Å². The van der Waals surface area contributed by atoms with Gasteiger partial charge < -0.3 is 0 Å². The summed E-state index contributed by atoms with van der Waals surface area (Å²) in [6.07, 6.45) is 0. The average molecular weight is 561 g/mol. The Hall–Kier alpha value is -3.55. The molecule has 0 aliphatic carbocycles. The Morgan fingerprint density at radius 2 is 1.12 bits per heavy atom. The predicted molar refractivity (Wildman–Crippen MR) is 175 cm³/mol. The van der Waals surface area contributed by atoms with Crippen molar-refractivity contribution in [2.24, 2.45) is 7.05 Å². The Bertz CT molecular complexity index is 1520. The van der Waals surface area contributed by atoms with Gasteiger partial charge in [0.15, 0.2) is 0 Å². The number of benzene rings is 4. The van der Waals surface area contributed by atoms with Crippen molar-refractivity contribution in [2.75, 3.05) is 0 Å². The molecule has 0 aliphatic heterocycles. The van der Waals surface area contributed by atoms with Crippen LogP contribution in [0.1, 0.15) is 81.5 Å². The van der Waals surface area contributed by atoms with Crippen molar-refractivity contribution in [3.8, 4) is 11.3 Å². The van der Waals surface area contributed by atoms with Crippen LogP contribution in [0, 0.1) is 0 Å². The lowest BCUT2D eigenvalue weighted by Gasteiger charge is -2.23. The fourth-order valence-electron chi connectivity index (χ4n) is 5.74. The minimum Gasteiger partial charge on any atom is -0.132 e. The summed E-state index contributed by atoms with van der Waals surface area (Å²) in [5.74, 6) is 1.34. The number of aromatic nitrogens is 3. The van der Waals surface area contributed by atoms with Gasteiger partial charge in [0, 0.05) is 19.0 Å². The molecule has 0 unspecified atom stereocenters. The Morgan fingerprint density at radius 3 is 1.56 bits per heavy atom. The van der Waals surface area contributed by atoms with E-state index < -0.39 is 7.92 Å². The van der Waals surface area contributed by atoms with Crippen molar-refractivity contribution >= 4 is 24.0 Å². The zero-order valence-corrected chi connectivity index (χ0v) is 26.4. The second-order valence-electron chi connectivity index (χ2n) is 11.9. The molecule has 1 aromatic heterocycles. The van der Waals surface area contributed by atoms with E-state index >= 15 is 0 Å². The van der Waals surface area contributed by atoms with Crippen LogP contribution in [-0.4, -0.2) is 9.90 Å². The molecular weight excluding hydrogens is 517 g/mol. The van der Waals surface area contributed by atoms with Crippen LogP contribution in [0.15, 0.2) is 103 Å². The Labute approximate surface area is 247 Å². The molecule has 210 valence electrons. The van der Waals surface area contributed by atoms with E-state index in [0.29, 0.717) is 17.8 Å². The third-order valence-corrected chi connectivity index (χ3v) is 10.4. The molecule has 1 heterocycles. The molecule has 0 radical (unpaired) electrons. The van der Waals surface area contributed by atoms with Crippen molar-refractivity contribution in [1.29, 1.82) is 0 Å². The summed E-state index contributed by atoms with van der Waals surface area (Å²) >= 11 is 0. The number of rotatable bonds is 9. The molecule has 0 fully saturated rings. The molecule has 0 amide bonds. The number of hydrogen-bond donors (Lipinski definition) is 0. The third-order valence-electron chi connectivity index (χ3n) is 7.87. The maximum atomic E-state index is 5.26. The van der Waals surface area contributed by atoms with Crippen LogP contribution < -0.4 is 20.7 Å². The predicted octanol–water partition coefficient (Wildman–Crippen LogP) is 7.55. The van der Waals surface area contributed by atoms with Crippen LogP contribution in [0.4, 0.5) is 0 Å². The molecule has 5 aromatic rings. The van der Waals surface area contributed by atoms with Gasteiger partial charge in [-0.25, -0.2) is 0 Å². The molecule has 0 N–H and O–H groups in total. The van der Waals surface area contributed by atoms with Crippen molar-refractivity contribution in [3.63, 3.8) is 0 Å². The lowest BCUT2D eigenvalue weighted by atomic mass is 9.84. The lowest BCUT2D eigenvalue weighted by Crippen LogP contribution is -2.51. The van der Waals surface area contributed by atoms with Crippen LogP contribution in [0.5, 0.6) is 0 Å². The monoisotopic (exact) mass is 560 g/mol. The second kappa shape index (κ2) is 12.5. The zero-order chi connectivity index (χ0) is 29.1. The van der Waals surface area contributed by atoms with Gasteiger partial charge in [-0.05, 0) is 45.1 Å². The molecule has 3 nitrogen and oxygen atoms in total. The molecule has 0 aliphatic rings. The third kappa shape index (κ3) is 6.07. The highest BCUT2D eigenvalue weighted by molar-refractivity contribution is 7.79. The highest BCUT2D eigenvalue weighted by Crippen LogP contribution is 2.37. The van der Waals surface area contributed by atoms with E-state index in [0.717, 1.165) is 6.54 Å². The summed E-state index contributed by atoms with van der Waals surface area (Å²) < 4.78 is 4.41. The maximum Gasteiger partial charge on any atom is 0.206 e. The fraction of sp³-hybridized carbons (Fsp3) is 0.297. The van der Waals surface area contributed by atoms with Gasteiger partial charge >= 0.3 is 0 Å². The van der Waals surface area contributed by atoms with Crippen LogP contribution in [0.25, 0.3) is 11.3 Å². The van der Waals surface area contributed by atoms with E-state index in [1.165, 1.54) is 49.6 Å². The molecule has 41 heavy (non-hydrogen) atoms. The Kier molecular flexibility index (Phi) is 8.85. The van der Waals surface area contributed by atoms with E-state index in [4.69, 9.17) is 5.21 Å². The number of aryl methyl sites for hydroxylation is 1. The largest absolute Gasteiger partial charge is 0.206 e. The summed E-state index contributed by atoms with van der Waals surface area (Å²) in [6, 6.07) is 37.7. The van der Waals surface area contributed by atoms with Gasteiger partial charge in [-0.1, -0.05) is 145 Å². The van der Waals surface area contributed by atoms with Gasteiger partial charge in [-0.3, -0.25) is 0 Å². The van der Waals surface area contributed by atoms with Crippen molar-refractivity contribution < 1.29 is 4.68 Å². The first kappa shape index (κ1) is 29.0. The minimum atomic E-state index is -0.873. The van der Waals surface area contributed by atoms with Gasteiger partial charge in [-0.15, -0.1) is 9.36 Å². The molecule has 4 heteroatoms. The van der Waals surface area contributed by atoms with Crippen molar-refractivity contribution in [2.45, 2.75) is 65.8 Å². The molecule has 0 bridgehead atoms. The summed E-state index contributed by atoms with van der Waals surface area (Å²) in [5.41, 5.74) is 9.37. The lowest BCUT2D eigenvalue weighted by molar-refractivity contribution is -0.731. The van der Waals surface area contributed by atoms with Crippen LogP contribution in [0.3, 0.4) is 0 Å². The molecule has 0 atom stereocenters.